The molecule has 4 bridgehead atoms. The average molecular weight is 957 g/mol. The first-order valence-electron chi connectivity index (χ1n) is 24.6. The number of carbonyl (C=O) groups excluding carboxylic acids is 7. The lowest BCUT2D eigenvalue weighted by Crippen LogP contribution is -2.46. The van der Waals surface area contributed by atoms with Crippen molar-refractivity contribution in [3.8, 4) is 22.3 Å². The predicted octanol–water partition coefficient (Wildman–Crippen LogP) is 9.38. The van der Waals surface area contributed by atoms with Crippen LogP contribution >= 0.6 is 0 Å². The van der Waals surface area contributed by atoms with Crippen molar-refractivity contribution in [1.29, 1.82) is 0 Å². The number of methoxy groups -OCH3 is 1. The Morgan fingerprint density at radius 3 is 2.09 bits per heavy atom. The molecular weight excluding hydrogens is 885 g/mol. The second-order valence-electron chi connectivity index (χ2n) is 19.7. The Labute approximate surface area is 413 Å². The Kier molecular flexibility index (Phi) is 19.6. The van der Waals surface area contributed by atoms with Crippen molar-refractivity contribution in [1.82, 2.24) is 20.9 Å². The van der Waals surface area contributed by atoms with Gasteiger partial charge in [0, 0.05) is 63.2 Å². The molecule has 13 nitrogen and oxygen atoms in total. The molecule has 1 aliphatic heterocycles. The molecule has 0 unspecified atom stereocenters. The number of fused-ring (bicyclic) bond motifs is 5. The van der Waals surface area contributed by atoms with Crippen LogP contribution in [-0.2, 0) is 46.3 Å². The zero-order valence-electron chi connectivity index (χ0n) is 42.5. The summed E-state index contributed by atoms with van der Waals surface area (Å²) >= 11 is 0. The summed E-state index contributed by atoms with van der Waals surface area (Å²) in [4.78, 5) is 96.2. The fourth-order valence-electron chi connectivity index (χ4n) is 8.74. The van der Waals surface area contributed by atoms with Crippen LogP contribution in [-0.4, -0.2) is 85.1 Å². The molecule has 4 amide bonds. The van der Waals surface area contributed by atoms with Crippen LogP contribution in [0.1, 0.15) is 130 Å². The lowest BCUT2D eigenvalue weighted by atomic mass is 9.87. The average Bonchev–Trinajstić information content (AvgIpc) is 3.32. The summed E-state index contributed by atoms with van der Waals surface area (Å²) in [5, 5.41) is 8.42. The van der Waals surface area contributed by atoms with Crippen LogP contribution in [0.15, 0.2) is 84.9 Å². The van der Waals surface area contributed by atoms with E-state index in [0.29, 0.717) is 36.9 Å². The predicted molar refractivity (Wildman–Crippen MR) is 272 cm³/mol. The lowest BCUT2D eigenvalue weighted by Gasteiger charge is -2.30. The summed E-state index contributed by atoms with van der Waals surface area (Å²) in [5.41, 5.74) is 8.16. The Balaban J connectivity index is 1.31. The molecule has 0 fully saturated rings. The smallest absolute Gasteiger partial charge is 0.407 e. The van der Waals surface area contributed by atoms with Crippen LogP contribution in [0.3, 0.4) is 0 Å². The molecule has 13 heteroatoms. The fourth-order valence-corrected chi connectivity index (χ4v) is 8.74. The number of nitrogens with one attached hydrogen (secondary N) is 3. The van der Waals surface area contributed by atoms with E-state index in [1.807, 2.05) is 62.4 Å². The molecule has 0 saturated carbocycles. The van der Waals surface area contributed by atoms with Gasteiger partial charge in [0.05, 0.1) is 7.11 Å². The topological polar surface area (TPSA) is 177 Å². The highest BCUT2D eigenvalue weighted by Crippen LogP contribution is 2.34. The molecule has 4 aromatic carbocycles. The third kappa shape index (κ3) is 15.4. The minimum Gasteiger partial charge on any atom is -0.467 e. The fraction of sp³-hybridized carbons (Fsp3) is 0.456. The van der Waals surface area contributed by atoms with E-state index in [1.165, 1.54) is 17.6 Å². The molecule has 0 radical (unpaired) electrons. The van der Waals surface area contributed by atoms with Crippen LogP contribution in [0.2, 0.25) is 0 Å². The van der Waals surface area contributed by atoms with Gasteiger partial charge in [0.25, 0.3) is 0 Å². The second kappa shape index (κ2) is 25.3. The third-order valence-corrected chi connectivity index (χ3v) is 12.9. The molecular formula is C57H72N4O9. The lowest BCUT2D eigenvalue weighted by molar-refractivity contribution is -0.145. The molecule has 0 aliphatic carbocycles. The third-order valence-electron chi connectivity index (χ3n) is 12.9. The summed E-state index contributed by atoms with van der Waals surface area (Å²) in [5.74, 6) is -4.04. The number of unbranched alkanes of at least 4 members (excludes halogenated alkanes) is 2. The van der Waals surface area contributed by atoms with Gasteiger partial charge >= 0.3 is 12.1 Å². The molecule has 0 aromatic heterocycles. The number of rotatable bonds is 18. The van der Waals surface area contributed by atoms with Crippen molar-refractivity contribution < 1.29 is 43.0 Å². The number of carbonyl (C=O) groups is 7. The number of likely N-dealkylation sites (N-methyl/N-ethyl adjacent to an activating group) is 1. The number of alkyl carbamates (subject to hydrolysis) is 1. The minimum atomic E-state index is -1.07. The van der Waals surface area contributed by atoms with Crippen LogP contribution < -0.4 is 16.0 Å². The number of ketones is 2. The zero-order chi connectivity index (χ0) is 51.1. The summed E-state index contributed by atoms with van der Waals surface area (Å²) < 4.78 is 10.4. The molecule has 3 N–H and O–H groups in total. The van der Waals surface area contributed by atoms with Crippen LogP contribution in [0, 0.1) is 25.7 Å². The second-order valence-corrected chi connectivity index (χ2v) is 19.7. The Morgan fingerprint density at radius 2 is 1.44 bits per heavy atom. The van der Waals surface area contributed by atoms with Crippen molar-refractivity contribution in [3.63, 3.8) is 0 Å². The Hall–Kier alpha value is -6.63. The minimum absolute atomic E-state index is 0.0569. The number of amides is 4. The van der Waals surface area contributed by atoms with Gasteiger partial charge in [-0.2, -0.15) is 0 Å². The molecule has 4 atom stereocenters. The van der Waals surface area contributed by atoms with E-state index in [-0.39, 0.29) is 49.7 Å². The molecule has 1 heterocycles. The van der Waals surface area contributed by atoms with Crippen molar-refractivity contribution in [3.05, 3.63) is 118 Å². The van der Waals surface area contributed by atoms with Crippen molar-refractivity contribution in [2.75, 3.05) is 27.2 Å². The molecule has 0 saturated heterocycles. The van der Waals surface area contributed by atoms with E-state index in [4.69, 9.17) is 9.47 Å². The molecule has 5 rings (SSSR count). The van der Waals surface area contributed by atoms with Gasteiger partial charge in [-0.05, 0) is 116 Å². The van der Waals surface area contributed by atoms with Gasteiger partial charge in [-0.25, -0.2) is 9.59 Å². The molecule has 1 aliphatic rings. The first kappa shape index (κ1) is 54.3. The molecule has 70 heavy (non-hydrogen) atoms. The van der Waals surface area contributed by atoms with Gasteiger partial charge < -0.3 is 30.3 Å². The summed E-state index contributed by atoms with van der Waals surface area (Å²) in [6, 6.07) is 25.3. The van der Waals surface area contributed by atoms with E-state index in [1.54, 1.807) is 46.9 Å². The van der Waals surface area contributed by atoms with Crippen molar-refractivity contribution in [2.24, 2.45) is 11.8 Å². The van der Waals surface area contributed by atoms with E-state index in [9.17, 15) is 33.6 Å². The quantitative estimate of drug-likeness (QED) is 0.0498. The molecule has 374 valence electrons. The van der Waals surface area contributed by atoms with E-state index in [2.05, 4.69) is 47.1 Å². The van der Waals surface area contributed by atoms with Crippen molar-refractivity contribution >= 4 is 41.4 Å². The highest BCUT2D eigenvalue weighted by atomic mass is 16.6. The van der Waals surface area contributed by atoms with Gasteiger partial charge in [-0.15, -0.1) is 0 Å². The first-order valence-corrected chi connectivity index (χ1v) is 24.6. The largest absolute Gasteiger partial charge is 0.467 e. The van der Waals surface area contributed by atoms with Crippen LogP contribution in [0.4, 0.5) is 4.79 Å². The summed E-state index contributed by atoms with van der Waals surface area (Å²) in [6.07, 6.45) is 3.94. The number of esters is 1. The molecule has 0 spiro atoms. The van der Waals surface area contributed by atoms with E-state index in [0.717, 1.165) is 58.2 Å². The Morgan fingerprint density at radius 1 is 0.800 bits per heavy atom. The number of hydrogen-bond acceptors (Lipinski definition) is 9. The van der Waals surface area contributed by atoms with Gasteiger partial charge in [0.1, 0.15) is 17.7 Å². The maximum absolute atomic E-state index is 14.4. The van der Waals surface area contributed by atoms with Crippen molar-refractivity contribution in [2.45, 2.75) is 130 Å². The maximum atomic E-state index is 14.4. The number of aryl methyl sites for hydroxylation is 3. The number of benzene rings is 4. The normalized spacial score (nSPS) is 16.5. The molecule has 4 aromatic rings. The number of ether oxygens (including phenoxy) is 2. The number of nitrogens with zero attached hydrogens (tertiary/aromatic N) is 1. The standard InChI is InChI=1S/C57H72N4O9/c1-10-11-14-39-19-22-41(23-20-39)42-24-26-43(27-25-42)49(62)35-45(15-12-13-29-59-56(68)70-57(5,6)7)54(66)58-30-28-51(64)61(8)52-44-21-17-37(3)47(34-44)46-32-40(18-16-36(46)2)33-48(55(67)69-9)60-53(65)38(4)31-50(52)63/h16-27,32,34,38,45,48,52H,10-15,28-31,33,35H2,1-9H3,(H,58,66)(H,59,68)(H,60,65)/t38-,45-,48+,52+/m1/s1. The van der Waals surface area contributed by atoms with Crippen LogP contribution in [0.25, 0.3) is 22.3 Å². The maximum Gasteiger partial charge on any atom is 0.407 e. The highest BCUT2D eigenvalue weighted by molar-refractivity contribution is 5.99. The van der Waals surface area contributed by atoms with E-state index < -0.39 is 53.4 Å². The van der Waals surface area contributed by atoms with Gasteiger partial charge in [0.2, 0.25) is 17.7 Å². The summed E-state index contributed by atoms with van der Waals surface area (Å²) in [7, 11) is 2.80. The zero-order valence-corrected chi connectivity index (χ0v) is 42.5. The number of Topliss-reactive ketones (excluding diaryl/α,β-unsaturated/α-hetero) is 2. The van der Waals surface area contributed by atoms with Gasteiger partial charge in [0.15, 0.2) is 11.6 Å². The van der Waals surface area contributed by atoms with Crippen LogP contribution in [0.5, 0.6) is 0 Å². The Bertz CT molecular complexity index is 2490. The number of hydrogen-bond donors (Lipinski definition) is 3. The highest BCUT2D eigenvalue weighted by Gasteiger charge is 2.33. The van der Waals surface area contributed by atoms with Gasteiger partial charge in [-0.1, -0.05) is 106 Å². The van der Waals surface area contributed by atoms with Gasteiger partial charge in [-0.3, -0.25) is 24.0 Å². The monoisotopic (exact) mass is 957 g/mol. The summed E-state index contributed by atoms with van der Waals surface area (Å²) in [6.45, 7) is 13.3. The first-order chi connectivity index (χ1) is 33.3. The van der Waals surface area contributed by atoms with E-state index >= 15 is 0 Å². The SMILES string of the molecule is CCCCc1ccc(-c2ccc(C(=O)C[C@@H](CCCCNC(=O)OC(C)(C)C)C(=O)NCCC(=O)N(C)[C@@H]3C(=O)C[C@@H](C)C(=O)N[C@H](C(=O)OC)Cc4ccc(C)c(c4)-c4cc3ccc4C)cc2)cc1.